The molecule has 1 aliphatic heterocycles. The maximum Gasteiger partial charge on any atom is 0.225 e. The van der Waals surface area contributed by atoms with Crippen molar-refractivity contribution in [3.63, 3.8) is 0 Å². The largest absolute Gasteiger partial charge is 0.327 e. The molecule has 0 saturated heterocycles. The van der Waals surface area contributed by atoms with Gasteiger partial charge in [-0.2, -0.15) is 10.1 Å². The standard InChI is InChI=1S/C7H7N5S/c1-4-9-7-10-5(12(7)11-4)6-8-2-3-13-6/h2-3,5H,1H3,(H,9,10,11). The van der Waals surface area contributed by atoms with E-state index in [1.807, 2.05) is 17.0 Å². The summed E-state index contributed by atoms with van der Waals surface area (Å²) in [6.45, 7) is 1.88. The third kappa shape index (κ3) is 0.888. The second kappa shape index (κ2) is 2.29. The monoisotopic (exact) mass is 193 g/mol. The average Bonchev–Trinajstić information content (AvgIpc) is 2.67. The molecule has 1 N–H and O–H groups in total. The van der Waals surface area contributed by atoms with Gasteiger partial charge in [0.25, 0.3) is 0 Å². The minimum atomic E-state index is 0.0937. The summed E-state index contributed by atoms with van der Waals surface area (Å²) in [5, 5.41) is 10.4. The fourth-order valence-corrected chi connectivity index (χ4v) is 2.03. The van der Waals surface area contributed by atoms with E-state index in [-0.39, 0.29) is 6.17 Å². The zero-order valence-electron chi connectivity index (χ0n) is 6.93. The number of hydrogen-bond donors (Lipinski definition) is 1. The first kappa shape index (κ1) is 7.02. The molecule has 6 heteroatoms. The summed E-state index contributed by atoms with van der Waals surface area (Å²) in [6.07, 6.45) is 1.89. The quantitative estimate of drug-likeness (QED) is 0.734. The van der Waals surface area contributed by atoms with Crippen LogP contribution in [-0.4, -0.2) is 19.7 Å². The van der Waals surface area contributed by atoms with Gasteiger partial charge in [0.2, 0.25) is 5.95 Å². The van der Waals surface area contributed by atoms with Crippen molar-refractivity contribution in [1.82, 2.24) is 19.7 Å². The first-order valence-corrected chi connectivity index (χ1v) is 4.81. The lowest BCUT2D eigenvalue weighted by Gasteiger charge is -2.26. The highest BCUT2D eigenvalue weighted by molar-refractivity contribution is 7.09. The molecule has 3 rings (SSSR count). The van der Waals surface area contributed by atoms with Gasteiger partial charge in [0.05, 0.1) is 0 Å². The zero-order valence-corrected chi connectivity index (χ0v) is 7.75. The summed E-state index contributed by atoms with van der Waals surface area (Å²) in [7, 11) is 0. The van der Waals surface area contributed by atoms with E-state index in [1.165, 1.54) is 0 Å². The van der Waals surface area contributed by atoms with E-state index in [0.29, 0.717) is 0 Å². The summed E-state index contributed by atoms with van der Waals surface area (Å²) in [5.74, 6) is 1.62. The molecule has 13 heavy (non-hydrogen) atoms. The molecular formula is C7H7N5S. The molecule has 0 aromatic carbocycles. The third-order valence-corrected chi connectivity index (χ3v) is 2.76. The predicted octanol–water partition coefficient (Wildman–Crippen LogP) is 1.02. The van der Waals surface area contributed by atoms with Crippen LogP contribution in [0.4, 0.5) is 5.95 Å². The number of hydrogen-bond acceptors (Lipinski definition) is 5. The number of nitrogens with one attached hydrogen (secondary N) is 1. The van der Waals surface area contributed by atoms with Crippen molar-refractivity contribution in [2.75, 3.05) is 5.32 Å². The van der Waals surface area contributed by atoms with Crippen LogP contribution in [-0.2, 0) is 0 Å². The lowest BCUT2D eigenvalue weighted by Crippen LogP contribution is -2.32. The first-order chi connectivity index (χ1) is 6.34. The van der Waals surface area contributed by atoms with Gasteiger partial charge in [-0.15, -0.1) is 11.3 Å². The SMILES string of the molecule is Cc1nc2n(n1)C(c1nccs1)N2. The van der Waals surface area contributed by atoms with E-state index < -0.39 is 0 Å². The highest BCUT2D eigenvalue weighted by Gasteiger charge is 2.31. The molecule has 1 unspecified atom stereocenters. The Hall–Kier alpha value is -1.43. The summed E-state index contributed by atoms with van der Waals surface area (Å²) in [5.41, 5.74) is 0. The fraction of sp³-hybridized carbons (Fsp3) is 0.286. The van der Waals surface area contributed by atoms with E-state index in [1.54, 1.807) is 17.5 Å². The highest BCUT2D eigenvalue weighted by Crippen LogP contribution is 2.31. The van der Waals surface area contributed by atoms with Crippen LogP contribution in [0.2, 0.25) is 0 Å². The molecule has 0 aliphatic carbocycles. The van der Waals surface area contributed by atoms with Gasteiger partial charge >= 0.3 is 0 Å². The molecule has 66 valence electrons. The minimum absolute atomic E-state index is 0.0937. The van der Waals surface area contributed by atoms with Crippen LogP contribution in [0.3, 0.4) is 0 Å². The van der Waals surface area contributed by atoms with Gasteiger partial charge in [0, 0.05) is 11.6 Å². The summed E-state index contributed by atoms with van der Waals surface area (Å²) >= 11 is 1.62. The number of anilines is 1. The molecule has 5 nitrogen and oxygen atoms in total. The number of thiazole rings is 1. The number of nitrogens with zero attached hydrogens (tertiary/aromatic N) is 4. The normalized spacial score (nSPS) is 19.0. The van der Waals surface area contributed by atoms with E-state index in [0.717, 1.165) is 16.8 Å². The Balaban J connectivity index is 2.01. The lowest BCUT2D eigenvalue weighted by molar-refractivity contribution is 0.506. The zero-order chi connectivity index (χ0) is 8.84. The molecule has 2 aromatic rings. The Kier molecular flexibility index (Phi) is 1.24. The van der Waals surface area contributed by atoms with Crippen molar-refractivity contribution in [2.24, 2.45) is 0 Å². The minimum Gasteiger partial charge on any atom is -0.327 e. The molecule has 0 saturated carbocycles. The Labute approximate surface area is 78.4 Å². The number of aromatic nitrogens is 4. The lowest BCUT2D eigenvalue weighted by atomic mass is 10.4. The molecule has 3 heterocycles. The molecule has 1 aliphatic rings. The number of rotatable bonds is 1. The summed E-state index contributed by atoms with van der Waals surface area (Å²) in [4.78, 5) is 8.39. The van der Waals surface area contributed by atoms with Crippen LogP contribution >= 0.6 is 11.3 Å². The van der Waals surface area contributed by atoms with Crippen LogP contribution in [0.1, 0.15) is 17.0 Å². The maximum atomic E-state index is 4.24. The third-order valence-electron chi connectivity index (χ3n) is 1.93. The molecule has 0 bridgehead atoms. The van der Waals surface area contributed by atoms with Gasteiger partial charge in [0.1, 0.15) is 10.8 Å². The Bertz CT molecular complexity index is 432. The average molecular weight is 193 g/mol. The molecule has 0 spiro atoms. The van der Waals surface area contributed by atoms with Crippen LogP contribution in [0.15, 0.2) is 11.6 Å². The predicted molar refractivity (Wildman–Crippen MR) is 48.6 cm³/mol. The summed E-state index contributed by atoms with van der Waals surface area (Å²) in [6, 6.07) is 0. The topological polar surface area (TPSA) is 55.6 Å². The molecule has 0 fully saturated rings. The van der Waals surface area contributed by atoms with Crippen molar-refractivity contribution in [3.8, 4) is 0 Å². The van der Waals surface area contributed by atoms with E-state index in [2.05, 4.69) is 20.4 Å². The van der Waals surface area contributed by atoms with Gasteiger partial charge < -0.3 is 5.32 Å². The van der Waals surface area contributed by atoms with Gasteiger partial charge in [0.15, 0.2) is 6.17 Å². The number of aryl methyl sites for hydroxylation is 1. The smallest absolute Gasteiger partial charge is 0.225 e. The molecular weight excluding hydrogens is 186 g/mol. The van der Waals surface area contributed by atoms with Gasteiger partial charge in [-0.05, 0) is 6.92 Å². The Morgan fingerprint density at radius 3 is 3.23 bits per heavy atom. The van der Waals surface area contributed by atoms with E-state index in [9.17, 15) is 0 Å². The molecule has 0 radical (unpaired) electrons. The number of fused-ring (bicyclic) bond motifs is 1. The molecule has 0 amide bonds. The van der Waals surface area contributed by atoms with Gasteiger partial charge in [-0.1, -0.05) is 0 Å². The van der Waals surface area contributed by atoms with Crippen molar-refractivity contribution in [3.05, 3.63) is 22.4 Å². The highest BCUT2D eigenvalue weighted by atomic mass is 32.1. The van der Waals surface area contributed by atoms with Crippen LogP contribution in [0.25, 0.3) is 0 Å². The van der Waals surface area contributed by atoms with Gasteiger partial charge in [-0.25, -0.2) is 9.67 Å². The van der Waals surface area contributed by atoms with E-state index >= 15 is 0 Å². The second-order valence-electron chi connectivity index (χ2n) is 2.84. The Morgan fingerprint density at radius 2 is 2.54 bits per heavy atom. The van der Waals surface area contributed by atoms with Crippen molar-refractivity contribution in [1.29, 1.82) is 0 Å². The van der Waals surface area contributed by atoms with Crippen molar-refractivity contribution < 1.29 is 0 Å². The van der Waals surface area contributed by atoms with Crippen molar-refractivity contribution in [2.45, 2.75) is 13.1 Å². The van der Waals surface area contributed by atoms with Crippen LogP contribution in [0.5, 0.6) is 0 Å². The van der Waals surface area contributed by atoms with E-state index in [4.69, 9.17) is 0 Å². The van der Waals surface area contributed by atoms with Crippen LogP contribution in [0, 0.1) is 6.92 Å². The molecule has 1 atom stereocenters. The van der Waals surface area contributed by atoms with Crippen LogP contribution < -0.4 is 5.32 Å². The summed E-state index contributed by atoms with van der Waals surface area (Å²) < 4.78 is 1.86. The van der Waals surface area contributed by atoms with Gasteiger partial charge in [-0.3, -0.25) is 0 Å². The second-order valence-corrected chi connectivity index (χ2v) is 3.77. The van der Waals surface area contributed by atoms with Crippen molar-refractivity contribution >= 4 is 17.3 Å². The first-order valence-electron chi connectivity index (χ1n) is 3.93. The molecule has 2 aromatic heterocycles. The fourth-order valence-electron chi connectivity index (χ4n) is 1.36. The maximum absolute atomic E-state index is 4.24. The Morgan fingerprint density at radius 1 is 1.62 bits per heavy atom.